The summed E-state index contributed by atoms with van der Waals surface area (Å²) in [6, 6.07) is 29.6. The molecule has 1 amide bonds. The average Bonchev–Trinajstić information content (AvgIpc) is 2.83. The Balaban J connectivity index is 2.00. The van der Waals surface area contributed by atoms with Crippen LogP contribution in [0.4, 0.5) is 0 Å². The molecular weight excluding hydrogens is 378 g/mol. The van der Waals surface area contributed by atoms with Crippen molar-refractivity contribution in [3.63, 3.8) is 0 Å². The Morgan fingerprint density at radius 3 is 1.74 bits per heavy atom. The molecule has 0 aliphatic heterocycles. The van der Waals surface area contributed by atoms with Crippen molar-refractivity contribution in [3.05, 3.63) is 113 Å². The minimum Gasteiger partial charge on any atom is -0.340 e. The molecule has 158 valence electrons. The second-order valence-corrected chi connectivity index (χ2v) is 7.41. The van der Waals surface area contributed by atoms with E-state index in [9.17, 15) is 4.79 Å². The van der Waals surface area contributed by atoms with Gasteiger partial charge < -0.3 is 4.90 Å². The fourth-order valence-corrected chi connectivity index (χ4v) is 3.85. The number of hydrogen-bond donors (Lipinski definition) is 0. The molecule has 0 unspecified atom stereocenters. The lowest BCUT2D eigenvalue weighted by Gasteiger charge is -2.17. The third-order valence-corrected chi connectivity index (χ3v) is 5.53. The minimum absolute atomic E-state index is 0.0521. The van der Waals surface area contributed by atoms with Crippen molar-refractivity contribution in [3.8, 4) is 0 Å². The van der Waals surface area contributed by atoms with Gasteiger partial charge in [-0.25, -0.2) is 0 Å². The Labute approximate surface area is 186 Å². The van der Waals surface area contributed by atoms with Crippen LogP contribution in [0.3, 0.4) is 0 Å². The molecule has 0 heterocycles. The molecule has 3 rings (SSSR count). The van der Waals surface area contributed by atoms with E-state index in [0.29, 0.717) is 0 Å². The van der Waals surface area contributed by atoms with Crippen LogP contribution in [0.1, 0.15) is 49.4 Å². The van der Waals surface area contributed by atoms with Gasteiger partial charge in [-0.05, 0) is 59.7 Å². The number of allylic oxidation sites excluding steroid dienone is 1. The van der Waals surface area contributed by atoms with Crippen LogP contribution in [0.25, 0.3) is 17.2 Å². The van der Waals surface area contributed by atoms with Crippen molar-refractivity contribution in [1.82, 2.24) is 4.90 Å². The molecule has 0 aliphatic rings. The van der Waals surface area contributed by atoms with E-state index in [2.05, 4.69) is 91.9 Å². The molecule has 2 nitrogen and oxygen atoms in total. The Kier molecular flexibility index (Phi) is 8.00. The molecule has 2 heteroatoms. The summed E-state index contributed by atoms with van der Waals surface area (Å²) in [5.41, 5.74) is 7.24. The molecule has 0 N–H and O–H groups in total. The number of amides is 1. The highest BCUT2D eigenvalue weighted by Gasteiger charge is 2.12. The van der Waals surface area contributed by atoms with Gasteiger partial charge in [0.1, 0.15) is 0 Å². The summed E-state index contributed by atoms with van der Waals surface area (Å²) >= 11 is 0. The van der Waals surface area contributed by atoms with Gasteiger partial charge in [0.25, 0.3) is 0 Å². The molecule has 0 aliphatic carbocycles. The molecule has 0 saturated carbocycles. The lowest BCUT2D eigenvalue weighted by Crippen LogP contribution is -2.28. The van der Waals surface area contributed by atoms with E-state index < -0.39 is 0 Å². The van der Waals surface area contributed by atoms with Gasteiger partial charge in [-0.1, -0.05) is 91.9 Å². The monoisotopic (exact) mass is 409 g/mol. The van der Waals surface area contributed by atoms with Crippen LogP contribution < -0.4 is 0 Å². The molecule has 0 fully saturated rings. The van der Waals surface area contributed by atoms with Crippen LogP contribution in [0.5, 0.6) is 0 Å². The highest BCUT2D eigenvalue weighted by molar-refractivity contribution is 5.98. The van der Waals surface area contributed by atoms with E-state index in [4.69, 9.17) is 0 Å². The highest BCUT2D eigenvalue weighted by atomic mass is 16.2. The van der Waals surface area contributed by atoms with E-state index in [-0.39, 0.29) is 5.91 Å². The van der Waals surface area contributed by atoms with Crippen LogP contribution in [0.2, 0.25) is 0 Å². The first-order chi connectivity index (χ1) is 15.2. The largest absolute Gasteiger partial charge is 0.340 e. The van der Waals surface area contributed by atoms with Gasteiger partial charge in [-0.2, -0.15) is 0 Å². The third kappa shape index (κ3) is 5.61. The topological polar surface area (TPSA) is 20.3 Å². The molecule has 0 atom stereocenters. The SMILES string of the molecule is CC/C(=C(\c1ccccc1)c1ccc(/C=C/C(=O)N(CC)CC)cc1)c1ccccc1. The molecule has 0 aromatic heterocycles. The minimum atomic E-state index is 0.0521. The molecule has 0 radical (unpaired) electrons. The Morgan fingerprint density at radius 2 is 1.23 bits per heavy atom. The third-order valence-electron chi connectivity index (χ3n) is 5.53. The maximum atomic E-state index is 12.3. The zero-order chi connectivity index (χ0) is 22.1. The van der Waals surface area contributed by atoms with E-state index in [1.807, 2.05) is 24.8 Å². The van der Waals surface area contributed by atoms with E-state index in [1.54, 1.807) is 6.08 Å². The number of carbonyl (C=O) groups excluding carboxylic acids is 1. The first kappa shape index (κ1) is 22.3. The molecule has 0 saturated heterocycles. The number of nitrogens with zero attached hydrogens (tertiary/aromatic N) is 1. The van der Waals surface area contributed by atoms with Gasteiger partial charge in [0.2, 0.25) is 5.91 Å². The maximum Gasteiger partial charge on any atom is 0.246 e. The number of benzene rings is 3. The van der Waals surface area contributed by atoms with Crippen molar-refractivity contribution in [2.24, 2.45) is 0 Å². The summed E-state index contributed by atoms with van der Waals surface area (Å²) in [5, 5.41) is 0. The van der Waals surface area contributed by atoms with Gasteiger partial charge in [-0.3, -0.25) is 4.79 Å². The fraction of sp³-hybridized carbons (Fsp3) is 0.207. The van der Waals surface area contributed by atoms with Crippen molar-refractivity contribution in [2.45, 2.75) is 27.2 Å². The van der Waals surface area contributed by atoms with E-state index >= 15 is 0 Å². The van der Waals surface area contributed by atoms with Gasteiger partial charge in [-0.15, -0.1) is 0 Å². The normalized spacial score (nSPS) is 12.0. The molecule has 0 spiro atoms. The zero-order valence-corrected chi connectivity index (χ0v) is 18.7. The lowest BCUT2D eigenvalue weighted by atomic mass is 9.88. The van der Waals surface area contributed by atoms with Crippen LogP contribution in [0, 0.1) is 0 Å². The molecule has 0 bridgehead atoms. The fourth-order valence-electron chi connectivity index (χ4n) is 3.85. The van der Waals surface area contributed by atoms with Gasteiger partial charge >= 0.3 is 0 Å². The highest BCUT2D eigenvalue weighted by Crippen LogP contribution is 2.34. The lowest BCUT2D eigenvalue weighted by molar-refractivity contribution is -0.125. The van der Waals surface area contributed by atoms with Crippen LogP contribution in [-0.2, 0) is 4.79 Å². The second-order valence-electron chi connectivity index (χ2n) is 7.41. The number of carbonyl (C=O) groups is 1. The first-order valence-electron chi connectivity index (χ1n) is 11.1. The van der Waals surface area contributed by atoms with E-state index in [0.717, 1.165) is 25.1 Å². The average molecular weight is 410 g/mol. The van der Waals surface area contributed by atoms with Crippen LogP contribution in [-0.4, -0.2) is 23.9 Å². The Bertz CT molecular complexity index is 1030. The summed E-state index contributed by atoms with van der Waals surface area (Å²) in [6.45, 7) is 7.66. The summed E-state index contributed by atoms with van der Waals surface area (Å²) < 4.78 is 0. The van der Waals surface area contributed by atoms with Gasteiger partial charge in [0.15, 0.2) is 0 Å². The van der Waals surface area contributed by atoms with Crippen LogP contribution >= 0.6 is 0 Å². The summed E-state index contributed by atoms with van der Waals surface area (Å²) in [6.07, 6.45) is 4.50. The van der Waals surface area contributed by atoms with E-state index in [1.165, 1.54) is 27.8 Å². The molecule has 31 heavy (non-hydrogen) atoms. The summed E-state index contributed by atoms with van der Waals surface area (Å²) in [4.78, 5) is 14.1. The molecular formula is C29H31NO. The quantitative estimate of drug-likeness (QED) is 0.291. The number of likely N-dealkylation sites (N-methyl/N-ethyl adjacent to an activating group) is 1. The Morgan fingerprint density at radius 1 is 0.710 bits per heavy atom. The van der Waals surface area contributed by atoms with Crippen molar-refractivity contribution >= 4 is 23.1 Å². The summed E-state index contributed by atoms with van der Waals surface area (Å²) in [7, 11) is 0. The van der Waals surface area contributed by atoms with Gasteiger partial charge in [0, 0.05) is 19.2 Å². The van der Waals surface area contributed by atoms with Crippen molar-refractivity contribution in [2.75, 3.05) is 13.1 Å². The Hall–Kier alpha value is -3.39. The second kappa shape index (κ2) is 11.1. The van der Waals surface area contributed by atoms with Crippen LogP contribution in [0.15, 0.2) is 91.0 Å². The molecule has 3 aromatic carbocycles. The van der Waals surface area contributed by atoms with Gasteiger partial charge in [0.05, 0.1) is 0 Å². The summed E-state index contributed by atoms with van der Waals surface area (Å²) in [5.74, 6) is 0.0521. The maximum absolute atomic E-state index is 12.3. The van der Waals surface area contributed by atoms with Crippen molar-refractivity contribution < 1.29 is 4.79 Å². The first-order valence-corrected chi connectivity index (χ1v) is 11.1. The predicted octanol–water partition coefficient (Wildman–Crippen LogP) is 6.94. The van der Waals surface area contributed by atoms with Crippen molar-refractivity contribution in [1.29, 1.82) is 0 Å². The predicted molar refractivity (Wildman–Crippen MR) is 132 cm³/mol. The zero-order valence-electron chi connectivity index (χ0n) is 18.7. The number of hydrogen-bond acceptors (Lipinski definition) is 1. The number of rotatable bonds is 8. The standard InChI is InChI=1S/C29H31NO/c1-4-27(24-13-9-7-10-14-24)29(25-15-11-8-12-16-25)26-20-17-23(18-21-26)19-22-28(31)30(5-2)6-3/h7-22H,4-6H2,1-3H3/b22-19+,29-27-. The smallest absolute Gasteiger partial charge is 0.246 e. The molecule has 3 aromatic rings.